The molecular weight excluding hydrogens is 176 g/mol. The van der Waals surface area contributed by atoms with Crippen LogP contribution in [0, 0.1) is 0 Å². The number of nitrogens with one attached hydrogen (secondary N) is 1. The quantitative estimate of drug-likeness (QED) is 0.700. The zero-order valence-electron chi connectivity index (χ0n) is 6.92. The predicted octanol–water partition coefficient (Wildman–Crippen LogP) is 1.39. The second-order valence-electron chi connectivity index (χ2n) is 2.23. The highest BCUT2D eigenvalue weighted by atomic mass is 32.2. The number of hydrogen-bond donors (Lipinski definition) is 2. The molecule has 0 unspecified atom stereocenters. The summed E-state index contributed by atoms with van der Waals surface area (Å²) in [5.74, 6) is -0.969. The lowest BCUT2D eigenvalue weighted by Crippen LogP contribution is -2.00. The van der Waals surface area contributed by atoms with Gasteiger partial charge in [-0.3, -0.25) is 0 Å². The highest BCUT2D eigenvalue weighted by Gasteiger charge is 2.14. The van der Waals surface area contributed by atoms with Gasteiger partial charge in [0.25, 0.3) is 0 Å². The van der Waals surface area contributed by atoms with Crippen LogP contribution in [-0.4, -0.2) is 27.3 Å². The van der Waals surface area contributed by atoms with Crippen LogP contribution in [-0.2, 0) is 6.42 Å². The lowest BCUT2D eigenvalue weighted by Gasteiger charge is -1.90. The molecule has 12 heavy (non-hydrogen) atoms. The summed E-state index contributed by atoms with van der Waals surface area (Å²) in [5, 5.41) is 9.37. The summed E-state index contributed by atoms with van der Waals surface area (Å²) in [4.78, 5) is 17.5. The average molecular weight is 186 g/mol. The van der Waals surface area contributed by atoms with Crippen LogP contribution < -0.4 is 0 Å². The van der Waals surface area contributed by atoms with Gasteiger partial charge in [0.1, 0.15) is 0 Å². The third-order valence-electron chi connectivity index (χ3n) is 1.51. The Morgan fingerprint density at radius 3 is 2.75 bits per heavy atom. The first kappa shape index (κ1) is 9.12. The number of carboxylic acids is 1. The molecule has 0 aliphatic heterocycles. The van der Waals surface area contributed by atoms with Gasteiger partial charge < -0.3 is 10.1 Å². The van der Waals surface area contributed by atoms with E-state index in [1.54, 1.807) is 0 Å². The Morgan fingerprint density at radius 1 is 1.75 bits per heavy atom. The summed E-state index contributed by atoms with van der Waals surface area (Å²) in [6.45, 7) is 1.89. The summed E-state index contributed by atoms with van der Waals surface area (Å²) in [6.07, 6.45) is 2.51. The fraction of sp³-hybridized carbons (Fsp3) is 0.429. The minimum absolute atomic E-state index is 0.141. The number of H-pyrrole nitrogens is 1. The van der Waals surface area contributed by atoms with Gasteiger partial charge in [0.15, 0.2) is 10.9 Å². The highest BCUT2D eigenvalue weighted by molar-refractivity contribution is 7.98. The Balaban J connectivity index is 3.08. The summed E-state index contributed by atoms with van der Waals surface area (Å²) < 4.78 is 0. The number of aromatic nitrogens is 2. The lowest BCUT2D eigenvalue weighted by molar-refractivity contribution is 0.0689. The summed E-state index contributed by atoms with van der Waals surface area (Å²) in [6, 6.07) is 0. The molecule has 66 valence electrons. The van der Waals surface area contributed by atoms with Crippen LogP contribution in [0.5, 0.6) is 0 Å². The molecule has 0 atom stereocenters. The maximum absolute atomic E-state index is 10.6. The van der Waals surface area contributed by atoms with Gasteiger partial charge in [0.05, 0.1) is 5.69 Å². The molecule has 1 rings (SSSR count). The Hall–Kier alpha value is -0.970. The Morgan fingerprint density at radius 2 is 2.42 bits per heavy atom. The fourth-order valence-corrected chi connectivity index (χ4v) is 1.32. The number of carbonyl (C=O) groups is 1. The molecule has 0 fully saturated rings. The molecule has 0 aromatic carbocycles. The summed E-state index contributed by atoms with van der Waals surface area (Å²) >= 11 is 1.41. The predicted molar refractivity (Wildman–Crippen MR) is 46.7 cm³/mol. The van der Waals surface area contributed by atoms with Crippen LogP contribution in [0.3, 0.4) is 0 Å². The first-order valence-electron chi connectivity index (χ1n) is 3.55. The van der Waals surface area contributed by atoms with E-state index in [9.17, 15) is 4.79 Å². The fourth-order valence-electron chi connectivity index (χ4n) is 0.915. The van der Waals surface area contributed by atoms with Crippen LogP contribution in [0.2, 0.25) is 0 Å². The van der Waals surface area contributed by atoms with Crippen molar-refractivity contribution >= 4 is 17.7 Å². The molecule has 0 saturated heterocycles. The first-order valence-corrected chi connectivity index (χ1v) is 4.77. The van der Waals surface area contributed by atoms with E-state index in [-0.39, 0.29) is 5.69 Å². The van der Waals surface area contributed by atoms with Gasteiger partial charge >= 0.3 is 5.97 Å². The second kappa shape index (κ2) is 3.62. The first-order chi connectivity index (χ1) is 5.69. The van der Waals surface area contributed by atoms with Gasteiger partial charge in [0, 0.05) is 0 Å². The standard InChI is InChI=1S/C7H10N2O2S/c1-3-4-5(6(10)11)9-7(8-4)12-2/h3H2,1-2H3,(H,8,9)(H,10,11). The zero-order chi connectivity index (χ0) is 9.14. The van der Waals surface area contributed by atoms with Crippen LogP contribution >= 0.6 is 11.8 Å². The molecule has 0 amide bonds. The third-order valence-corrected chi connectivity index (χ3v) is 2.09. The van der Waals surface area contributed by atoms with Gasteiger partial charge in [-0.05, 0) is 12.7 Å². The van der Waals surface area contributed by atoms with Crippen LogP contribution in [0.25, 0.3) is 0 Å². The number of aromatic amines is 1. The molecule has 1 aromatic heterocycles. The maximum Gasteiger partial charge on any atom is 0.356 e. The number of aryl methyl sites for hydroxylation is 1. The van der Waals surface area contributed by atoms with Crippen molar-refractivity contribution in [1.29, 1.82) is 0 Å². The number of thioether (sulfide) groups is 1. The second-order valence-corrected chi connectivity index (χ2v) is 3.03. The molecular formula is C7H10N2O2S. The van der Waals surface area contributed by atoms with Gasteiger partial charge in [-0.1, -0.05) is 18.7 Å². The maximum atomic E-state index is 10.6. The third kappa shape index (κ3) is 1.61. The molecule has 0 spiro atoms. The smallest absolute Gasteiger partial charge is 0.356 e. The van der Waals surface area contributed by atoms with Gasteiger partial charge in [-0.15, -0.1) is 0 Å². The van der Waals surface area contributed by atoms with E-state index in [2.05, 4.69) is 9.97 Å². The van der Waals surface area contributed by atoms with E-state index in [1.165, 1.54) is 11.8 Å². The van der Waals surface area contributed by atoms with Crippen LogP contribution in [0.1, 0.15) is 23.1 Å². The largest absolute Gasteiger partial charge is 0.476 e. The normalized spacial score (nSPS) is 10.2. The molecule has 1 aromatic rings. The van der Waals surface area contributed by atoms with Crippen molar-refractivity contribution in [3.8, 4) is 0 Å². The van der Waals surface area contributed by atoms with Gasteiger partial charge in [0.2, 0.25) is 0 Å². The van der Waals surface area contributed by atoms with Crippen molar-refractivity contribution in [1.82, 2.24) is 9.97 Å². The van der Waals surface area contributed by atoms with E-state index in [4.69, 9.17) is 5.11 Å². The monoisotopic (exact) mass is 186 g/mol. The Labute approximate surface area is 74.4 Å². The van der Waals surface area contributed by atoms with Gasteiger partial charge in [-0.2, -0.15) is 0 Å². The molecule has 5 heteroatoms. The molecule has 0 bridgehead atoms. The minimum Gasteiger partial charge on any atom is -0.476 e. The number of imidazole rings is 1. The van der Waals surface area contributed by atoms with Gasteiger partial charge in [-0.25, -0.2) is 9.78 Å². The molecule has 1 heterocycles. The van der Waals surface area contributed by atoms with E-state index in [0.29, 0.717) is 17.3 Å². The van der Waals surface area contributed by atoms with Crippen molar-refractivity contribution in [2.75, 3.05) is 6.26 Å². The van der Waals surface area contributed by atoms with E-state index < -0.39 is 5.97 Å². The molecule has 0 radical (unpaired) electrons. The van der Waals surface area contributed by atoms with E-state index in [0.717, 1.165) is 0 Å². The summed E-state index contributed by atoms with van der Waals surface area (Å²) in [5.41, 5.74) is 0.828. The lowest BCUT2D eigenvalue weighted by atomic mass is 10.3. The average Bonchev–Trinajstić information content (AvgIpc) is 2.47. The van der Waals surface area contributed by atoms with E-state index in [1.807, 2.05) is 13.2 Å². The molecule has 4 nitrogen and oxygen atoms in total. The van der Waals surface area contributed by atoms with Crippen molar-refractivity contribution in [3.63, 3.8) is 0 Å². The topological polar surface area (TPSA) is 66.0 Å². The molecule has 0 aliphatic carbocycles. The number of carboxylic acid groups (broad SMARTS) is 1. The van der Waals surface area contributed by atoms with Crippen molar-refractivity contribution in [2.24, 2.45) is 0 Å². The molecule has 0 saturated carbocycles. The highest BCUT2D eigenvalue weighted by Crippen LogP contribution is 2.14. The number of hydrogen-bond acceptors (Lipinski definition) is 3. The molecule has 0 aliphatic rings. The van der Waals surface area contributed by atoms with Crippen molar-refractivity contribution < 1.29 is 9.90 Å². The zero-order valence-corrected chi connectivity index (χ0v) is 7.73. The number of aromatic carboxylic acids is 1. The van der Waals surface area contributed by atoms with Crippen molar-refractivity contribution in [3.05, 3.63) is 11.4 Å². The molecule has 2 N–H and O–H groups in total. The summed E-state index contributed by atoms with van der Waals surface area (Å²) in [7, 11) is 0. The number of nitrogens with zero attached hydrogens (tertiary/aromatic N) is 1. The Kier molecular flexibility index (Phi) is 2.75. The van der Waals surface area contributed by atoms with Crippen molar-refractivity contribution in [2.45, 2.75) is 18.5 Å². The van der Waals surface area contributed by atoms with E-state index >= 15 is 0 Å². The Bertz CT molecular complexity index is 296. The van der Waals surface area contributed by atoms with Crippen LogP contribution in [0.15, 0.2) is 5.16 Å². The number of rotatable bonds is 3. The SMILES string of the molecule is CCc1[nH]c(SC)nc1C(=O)O. The van der Waals surface area contributed by atoms with Crippen LogP contribution in [0.4, 0.5) is 0 Å². The minimum atomic E-state index is -0.969.